The molecule has 0 saturated heterocycles. The molecule has 0 atom stereocenters. The lowest BCUT2D eigenvalue weighted by atomic mass is 10.2. The first-order valence-corrected chi connectivity index (χ1v) is 7.90. The van der Waals surface area contributed by atoms with Crippen molar-refractivity contribution in [3.05, 3.63) is 52.6 Å². The Morgan fingerprint density at radius 1 is 1.39 bits per heavy atom. The summed E-state index contributed by atoms with van der Waals surface area (Å²) in [5.41, 5.74) is 2.57. The monoisotopic (exact) mass is 331 g/mol. The van der Waals surface area contributed by atoms with E-state index in [4.69, 9.17) is 16.9 Å². The normalized spacial score (nSPS) is 12.3. The van der Waals surface area contributed by atoms with Crippen LogP contribution >= 0.6 is 11.6 Å². The molecule has 0 amide bonds. The summed E-state index contributed by atoms with van der Waals surface area (Å²) in [5.74, 6) is 0.740. The predicted octanol–water partition coefficient (Wildman–Crippen LogP) is 3.76. The molecule has 122 valence electrons. The average molecular weight is 332 g/mol. The van der Waals surface area contributed by atoms with E-state index in [0.717, 1.165) is 30.0 Å². The number of hydrogen-bond donors (Lipinski definition) is 2. The minimum absolute atomic E-state index is 0.232. The van der Waals surface area contributed by atoms with Crippen molar-refractivity contribution in [3.63, 3.8) is 0 Å². The van der Waals surface area contributed by atoms with Crippen LogP contribution in [0.4, 0.5) is 5.82 Å². The Morgan fingerprint density at radius 2 is 2.17 bits per heavy atom. The van der Waals surface area contributed by atoms with Gasteiger partial charge in [0, 0.05) is 36.1 Å². The molecular formula is C17H22ClN5. The average Bonchev–Trinajstić information content (AvgIpc) is 2.55. The standard InChI is InChI=1S/C17H22ClN5/c1-4-6-15(8-7-14(5-2)11-19)20-9-10-21-16-13(3)12-22-17(18)23-16/h5-8,12,20H,4,9-10H2,1-3H3,(H,21,22,23)/b8-7-,14-5+,15-6-. The van der Waals surface area contributed by atoms with Gasteiger partial charge >= 0.3 is 0 Å². The number of halogens is 1. The molecule has 5 nitrogen and oxygen atoms in total. The molecule has 0 aliphatic heterocycles. The van der Waals surface area contributed by atoms with Crippen LogP contribution in [-0.2, 0) is 0 Å². The van der Waals surface area contributed by atoms with E-state index in [1.165, 1.54) is 0 Å². The molecule has 23 heavy (non-hydrogen) atoms. The largest absolute Gasteiger partial charge is 0.384 e. The molecule has 1 aromatic heterocycles. The molecule has 0 unspecified atom stereocenters. The fraction of sp³-hybridized carbons (Fsp3) is 0.353. The highest BCUT2D eigenvalue weighted by Crippen LogP contribution is 2.11. The molecule has 0 spiro atoms. The number of rotatable bonds is 8. The first kappa shape index (κ1) is 18.7. The fourth-order valence-corrected chi connectivity index (χ4v) is 1.92. The van der Waals surface area contributed by atoms with Crippen LogP contribution in [0.1, 0.15) is 25.8 Å². The second-order valence-corrected chi connectivity index (χ2v) is 5.12. The second kappa shape index (κ2) is 10.4. The van der Waals surface area contributed by atoms with Gasteiger partial charge in [0.05, 0.1) is 6.07 Å². The van der Waals surface area contributed by atoms with E-state index in [1.54, 1.807) is 18.3 Å². The van der Waals surface area contributed by atoms with Crippen molar-refractivity contribution in [2.24, 2.45) is 0 Å². The molecule has 0 aliphatic carbocycles. The topological polar surface area (TPSA) is 73.6 Å². The van der Waals surface area contributed by atoms with Gasteiger partial charge in [0.2, 0.25) is 5.28 Å². The zero-order valence-corrected chi connectivity index (χ0v) is 14.5. The SMILES string of the molecule is C\C=C(C#N)/C=C\C(=C\CC)NCCNc1nc(Cl)ncc1C. The number of aromatic nitrogens is 2. The highest BCUT2D eigenvalue weighted by Gasteiger charge is 2.01. The summed E-state index contributed by atoms with van der Waals surface area (Å²) in [6.45, 7) is 7.25. The number of hydrogen-bond acceptors (Lipinski definition) is 5. The lowest BCUT2D eigenvalue weighted by molar-refractivity contribution is 0.827. The molecule has 1 heterocycles. The summed E-state index contributed by atoms with van der Waals surface area (Å²) in [4.78, 5) is 8.08. The molecule has 1 rings (SSSR count). The molecule has 0 fully saturated rings. The summed E-state index contributed by atoms with van der Waals surface area (Å²) in [6, 6.07) is 2.13. The summed E-state index contributed by atoms with van der Waals surface area (Å²) < 4.78 is 0. The number of nitrogens with one attached hydrogen (secondary N) is 2. The van der Waals surface area contributed by atoms with E-state index >= 15 is 0 Å². The van der Waals surface area contributed by atoms with E-state index in [-0.39, 0.29) is 5.28 Å². The molecule has 0 bridgehead atoms. The van der Waals surface area contributed by atoms with Crippen LogP contribution in [0.5, 0.6) is 0 Å². The number of nitrogens with zero attached hydrogens (tertiary/aromatic N) is 3. The van der Waals surface area contributed by atoms with Crippen LogP contribution in [0, 0.1) is 18.3 Å². The van der Waals surface area contributed by atoms with Crippen molar-refractivity contribution in [1.29, 1.82) is 5.26 Å². The first-order valence-electron chi connectivity index (χ1n) is 7.52. The first-order chi connectivity index (χ1) is 11.1. The quantitative estimate of drug-likeness (QED) is 0.328. The minimum Gasteiger partial charge on any atom is -0.384 e. The highest BCUT2D eigenvalue weighted by atomic mass is 35.5. The molecule has 0 radical (unpaired) electrons. The van der Waals surface area contributed by atoms with E-state index in [1.807, 2.05) is 19.9 Å². The van der Waals surface area contributed by atoms with E-state index in [0.29, 0.717) is 12.1 Å². The van der Waals surface area contributed by atoms with Gasteiger partial charge in [-0.25, -0.2) is 9.97 Å². The molecule has 0 aliphatic rings. The number of aryl methyl sites for hydroxylation is 1. The van der Waals surface area contributed by atoms with E-state index in [2.05, 4.69) is 39.7 Å². The molecule has 6 heteroatoms. The van der Waals surface area contributed by atoms with Crippen LogP contribution in [0.2, 0.25) is 5.28 Å². The zero-order chi connectivity index (χ0) is 17.1. The highest BCUT2D eigenvalue weighted by molar-refractivity contribution is 6.28. The van der Waals surface area contributed by atoms with Gasteiger partial charge in [0.1, 0.15) is 5.82 Å². The van der Waals surface area contributed by atoms with Gasteiger partial charge in [-0.05, 0) is 44.0 Å². The molecule has 2 N–H and O–H groups in total. The third-order valence-electron chi connectivity index (χ3n) is 3.00. The van der Waals surface area contributed by atoms with Gasteiger partial charge in [-0.15, -0.1) is 0 Å². The Bertz CT molecular complexity index is 641. The maximum atomic E-state index is 8.92. The second-order valence-electron chi connectivity index (χ2n) is 4.78. The summed E-state index contributed by atoms with van der Waals surface area (Å²) in [6.07, 6.45) is 10.2. The number of nitriles is 1. The van der Waals surface area contributed by atoms with Crippen molar-refractivity contribution in [2.45, 2.75) is 27.2 Å². The lowest BCUT2D eigenvalue weighted by Crippen LogP contribution is -2.21. The summed E-state index contributed by atoms with van der Waals surface area (Å²) >= 11 is 5.79. The molecule has 0 saturated carbocycles. The smallest absolute Gasteiger partial charge is 0.224 e. The van der Waals surface area contributed by atoms with Crippen molar-refractivity contribution in [1.82, 2.24) is 15.3 Å². The summed E-state index contributed by atoms with van der Waals surface area (Å²) in [7, 11) is 0. The van der Waals surface area contributed by atoms with Crippen molar-refractivity contribution in [2.75, 3.05) is 18.4 Å². The van der Waals surface area contributed by atoms with Crippen LogP contribution in [0.3, 0.4) is 0 Å². The van der Waals surface area contributed by atoms with Gasteiger partial charge in [-0.1, -0.05) is 19.1 Å². The third kappa shape index (κ3) is 6.98. The van der Waals surface area contributed by atoms with Crippen molar-refractivity contribution in [3.8, 4) is 6.07 Å². The lowest BCUT2D eigenvalue weighted by Gasteiger charge is -2.10. The Balaban J connectivity index is 2.52. The molecular weight excluding hydrogens is 310 g/mol. The third-order valence-corrected chi connectivity index (χ3v) is 3.18. The Kier molecular flexibility index (Phi) is 8.48. The molecule has 1 aromatic rings. The van der Waals surface area contributed by atoms with Crippen LogP contribution in [0.15, 0.2) is 41.8 Å². The minimum atomic E-state index is 0.232. The van der Waals surface area contributed by atoms with Gasteiger partial charge in [0.15, 0.2) is 0 Å². The number of anilines is 1. The summed E-state index contributed by atoms with van der Waals surface area (Å²) in [5, 5.41) is 15.7. The Morgan fingerprint density at radius 3 is 2.83 bits per heavy atom. The zero-order valence-electron chi connectivity index (χ0n) is 13.7. The predicted molar refractivity (Wildman–Crippen MR) is 95.2 cm³/mol. The maximum absolute atomic E-state index is 8.92. The molecule has 0 aromatic carbocycles. The van der Waals surface area contributed by atoms with Crippen molar-refractivity contribution < 1.29 is 0 Å². The van der Waals surface area contributed by atoms with Crippen LogP contribution < -0.4 is 10.6 Å². The van der Waals surface area contributed by atoms with Gasteiger partial charge in [-0.2, -0.15) is 5.26 Å². The maximum Gasteiger partial charge on any atom is 0.224 e. The van der Waals surface area contributed by atoms with Gasteiger partial charge in [0.25, 0.3) is 0 Å². The van der Waals surface area contributed by atoms with Gasteiger partial charge < -0.3 is 10.6 Å². The Hall–Kier alpha value is -2.32. The van der Waals surface area contributed by atoms with Crippen molar-refractivity contribution >= 4 is 17.4 Å². The van der Waals surface area contributed by atoms with Crippen LogP contribution in [-0.4, -0.2) is 23.1 Å². The Labute approximate surface area is 142 Å². The van der Waals surface area contributed by atoms with Gasteiger partial charge in [-0.3, -0.25) is 0 Å². The van der Waals surface area contributed by atoms with E-state index < -0.39 is 0 Å². The fourth-order valence-electron chi connectivity index (χ4n) is 1.78. The number of allylic oxidation sites excluding steroid dienone is 5. The van der Waals surface area contributed by atoms with E-state index in [9.17, 15) is 0 Å². The van der Waals surface area contributed by atoms with Crippen LogP contribution in [0.25, 0.3) is 0 Å².